The first-order valence-electron chi connectivity index (χ1n) is 7.68. The third-order valence-corrected chi connectivity index (χ3v) is 5.17. The summed E-state index contributed by atoms with van der Waals surface area (Å²) in [6.07, 6.45) is 5.02. The van der Waals surface area contributed by atoms with E-state index >= 15 is 0 Å². The Kier molecular flexibility index (Phi) is 2.71. The first-order valence-corrected chi connectivity index (χ1v) is 7.68. The largest absolute Gasteiger partial charge is 0.507 e. The summed E-state index contributed by atoms with van der Waals surface area (Å²) in [5.74, 6) is 0.385. The van der Waals surface area contributed by atoms with Crippen LogP contribution in [0.4, 0.5) is 0 Å². The van der Waals surface area contributed by atoms with Crippen molar-refractivity contribution in [1.29, 1.82) is 0 Å². The van der Waals surface area contributed by atoms with Crippen LogP contribution < -0.4 is 0 Å². The highest BCUT2D eigenvalue weighted by Gasteiger charge is 2.45. The molecule has 2 fully saturated rings. The number of hydrogen-bond acceptors (Lipinski definition) is 2. The van der Waals surface area contributed by atoms with E-state index in [0.29, 0.717) is 5.41 Å². The molecule has 1 heterocycles. The Morgan fingerprint density at radius 3 is 2.52 bits per heavy atom. The molecule has 21 heavy (non-hydrogen) atoms. The molecule has 108 valence electrons. The van der Waals surface area contributed by atoms with Gasteiger partial charge in [0.25, 0.3) is 5.91 Å². The number of phenolic OH excluding ortho intramolecular Hbond substituents is 1. The van der Waals surface area contributed by atoms with Crippen molar-refractivity contribution in [3.63, 3.8) is 0 Å². The fraction of sp³-hybridized carbons (Fsp3) is 0.389. The Balaban J connectivity index is 1.59. The van der Waals surface area contributed by atoms with Gasteiger partial charge in [-0.05, 0) is 60.7 Å². The van der Waals surface area contributed by atoms with Crippen LogP contribution in [-0.2, 0) is 0 Å². The van der Waals surface area contributed by atoms with Crippen LogP contribution in [0.25, 0.3) is 10.8 Å². The maximum absolute atomic E-state index is 12.6. The number of likely N-dealkylation sites (tertiary alicyclic amines) is 1. The lowest BCUT2D eigenvalue weighted by Crippen LogP contribution is -2.39. The predicted molar refractivity (Wildman–Crippen MR) is 82.4 cm³/mol. The van der Waals surface area contributed by atoms with Gasteiger partial charge < -0.3 is 10.0 Å². The van der Waals surface area contributed by atoms with Crippen molar-refractivity contribution < 1.29 is 9.90 Å². The second-order valence-corrected chi connectivity index (χ2v) is 6.51. The van der Waals surface area contributed by atoms with Gasteiger partial charge in [0.05, 0.1) is 0 Å². The number of rotatable bonds is 1. The molecule has 1 aliphatic heterocycles. The van der Waals surface area contributed by atoms with Crippen LogP contribution in [0.15, 0.2) is 36.4 Å². The zero-order chi connectivity index (χ0) is 14.4. The Morgan fingerprint density at radius 2 is 1.81 bits per heavy atom. The molecule has 1 N–H and O–H groups in total. The van der Waals surface area contributed by atoms with Gasteiger partial charge in [0.1, 0.15) is 5.75 Å². The minimum Gasteiger partial charge on any atom is -0.507 e. The fourth-order valence-electron chi connectivity index (χ4n) is 3.44. The van der Waals surface area contributed by atoms with Crippen LogP contribution in [0, 0.1) is 5.41 Å². The van der Waals surface area contributed by atoms with Crippen LogP contribution >= 0.6 is 0 Å². The monoisotopic (exact) mass is 281 g/mol. The highest BCUT2D eigenvalue weighted by Crippen LogP contribution is 2.53. The van der Waals surface area contributed by atoms with Crippen molar-refractivity contribution in [3.8, 4) is 5.75 Å². The van der Waals surface area contributed by atoms with Gasteiger partial charge in [0.15, 0.2) is 0 Å². The summed E-state index contributed by atoms with van der Waals surface area (Å²) in [4.78, 5) is 14.6. The van der Waals surface area contributed by atoms with Gasteiger partial charge in [-0.2, -0.15) is 0 Å². The maximum Gasteiger partial charge on any atom is 0.253 e. The van der Waals surface area contributed by atoms with Gasteiger partial charge in [-0.25, -0.2) is 0 Å². The number of aromatic hydroxyl groups is 1. The third-order valence-electron chi connectivity index (χ3n) is 5.17. The maximum atomic E-state index is 12.6. The van der Waals surface area contributed by atoms with Crippen LogP contribution in [0.5, 0.6) is 5.75 Å². The molecule has 0 bridgehead atoms. The lowest BCUT2D eigenvalue weighted by atomic mass is 9.93. The van der Waals surface area contributed by atoms with Gasteiger partial charge in [-0.15, -0.1) is 0 Å². The van der Waals surface area contributed by atoms with Gasteiger partial charge in [-0.1, -0.05) is 12.1 Å². The van der Waals surface area contributed by atoms with E-state index in [2.05, 4.69) is 0 Å². The summed E-state index contributed by atoms with van der Waals surface area (Å²) in [5, 5.41) is 11.5. The van der Waals surface area contributed by atoms with Crippen molar-refractivity contribution in [2.24, 2.45) is 5.41 Å². The highest BCUT2D eigenvalue weighted by molar-refractivity contribution is 5.99. The van der Waals surface area contributed by atoms with Gasteiger partial charge in [-0.3, -0.25) is 4.79 Å². The smallest absolute Gasteiger partial charge is 0.253 e. The molecule has 0 unspecified atom stereocenters. The van der Waals surface area contributed by atoms with E-state index in [1.807, 2.05) is 35.2 Å². The Hall–Kier alpha value is -2.03. The zero-order valence-electron chi connectivity index (χ0n) is 12.0. The predicted octanol–water partition coefficient (Wildman–Crippen LogP) is 3.56. The van der Waals surface area contributed by atoms with Crippen LogP contribution in [0.1, 0.15) is 36.0 Å². The number of amides is 1. The molecule has 0 atom stereocenters. The number of nitrogens with zero attached hydrogens (tertiary/aromatic N) is 1. The van der Waals surface area contributed by atoms with E-state index in [9.17, 15) is 9.90 Å². The Labute approximate surface area is 124 Å². The quantitative estimate of drug-likeness (QED) is 0.868. The molecule has 4 rings (SSSR count). The standard InChI is InChI=1S/C18H19NO2/c20-16-3-1-2-13-12-14(4-5-15(13)16)17(21)19-10-8-18(6-7-18)9-11-19/h1-5,12,20H,6-11H2. The summed E-state index contributed by atoms with van der Waals surface area (Å²) in [7, 11) is 0. The Bertz CT molecular complexity index is 708. The first-order chi connectivity index (χ1) is 10.2. The lowest BCUT2D eigenvalue weighted by molar-refractivity contribution is 0.0678. The number of benzene rings is 2. The van der Waals surface area contributed by atoms with Crippen molar-refractivity contribution in [2.75, 3.05) is 13.1 Å². The molecule has 3 heteroatoms. The summed E-state index contributed by atoms with van der Waals surface area (Å²) >= 11 is 0. The third kappa shape index (κ3) is 2.17. The van der Waals surface area contributed by atoms with Gasteiger partial charge >= 0.3 is 0 Å². The van der Waals surface area contributed by atoms with E-state index in [1.54, 1.807) is 6.07 Å². The number of hydrogen-bond donors (Lipinski definition) is 1. The van der Waals surface area contributed by atoms with E-state index in [-0.39, 0.29) is 11.7 Å². The molecule has 1 saturated heterocycles. The number of phenols is 1. The van der Waals surface area contributed by atoms with E-state index in [1.165, 1.54) is 12.8 Å². The Morgan fingerprint density at radius 1 is 1.05 bits per heavy atom. The molecular formula is C18H19NO2. The van der Waals surface area contributed by atoms with Crippen molar-refractivity contribution in [2.45, 2.75) is 25.7 Å². The van der Waals surface area contributed by atoms with Crippen LogP contribution in [0.2, 0.25) is 0 Å². The van der Waals surface area contributed by atoms with Crippen molar-refractivity contribution >= 4 is 16.7 Å². The molecule has 1 spiro atoms. The summed E-state index contributed by atoms with van der Waals surface area (Å²) in [5.41, 5.74) is 1.31. The average molecular weight is 281 g/mol. The number of piperidine rings is 1. The van der Waals surface area contributed by atoms with Crippen molar-refractivity contribution in [3.05, 3.63) is 42.0 Å². The molecule has 2 aliphatic rings. The summed E-state index contributed by atoms with van der Waals surface area (Å²) < 4.78 is 0. The van der Waals surface area contributed by atoms with Gasteiger partial charge in [0, 0.05) is 24.0 Å². The molecule has 2 aromatic carbocycles. The number of carbonyl (C=O) groups is 1. The van der Waals surface area contributed by atoms with Crippen LogP contribution in [0.3, 0.4) is 0 Å². The molecule has 0 radical (unpaired) electrons. The lowest BCUT2D eigenvalue weighted by Gasteiger charge is -2.32. The first kappa shape index (κ1) is 12.7. The van der Waals surface area contributed by atoms with Crippen molar-refractivity contribution in [1.82, 2.24) is 4.90 Å². The minimum atomic E-state index is 0.121. The van der Waals surface area contributed by atoms with Crippen LogP contribution in [-0.4, -0.2) is 29.0 Å². The fourth-order valence-corrected chi connectivity index (χ4v) is 3.44. The summed E-state index contributed by atoms with van der Waals surface area (Å²) in [6, 6.07) is 11.0. The SMILES string of the molecule is O=C(c1ccc2c(O)cccc2c1)N1CCC2(CC1)CC2. The molecule has 2 aromatic rings. The molecule has 0 aromatic heterocycles. The zero-order valence-corrected chi connectivity index (χ0v) is 12.0. The summed E-state index contributed by atoms with van der Waals surface area (Å²) in [6.45, 7) is 1.77. The van der Waals surface area contributed by atoms with E-state index in [0.717, 1.165) is 42.3 Å². The number of carbonyl (C=O) groups excluding carboxylic acids is 1. The second kappa shape index (κ2) is 4.48. The number of fused-ring (bicyclic) bond motifs is 1. The molecule has 1 saturated carbocycles. The molecule has 1 aliphatic carbocycles. The molecular weight excluding hydrogens is 262 g/mol. The topological polar surface area (TPSA) is 40.5 Å². The molecule has 1 amide bonds. The minimum absolute atomic E-state index is 0.121. The second-order valence-electron chi connectivity index (χ2n) is 6.51. The van der Waals surface area contributed by atoms with E-state index in [4.69, 9.17) is 0 Å². The van der Waals surface area contributed by atoms with Gasteiger partial charge in [0.2, 0.25) is 0 Å². The normalized spacial score (nSPS) is 19.9. The van der Waals surface area contributed by atoms with E-state index < -0.39 is 0 Å². The highest BCUT2D eigenvalue weighted by atomic mass is 16.3. The average Bonchev–Trinajstić information content (AvgIpc) is 3.26. The molecule has 3 nitrogen and oxygen atoms in total.